The zero-order valence-electron chi connectivity index (χ0n) is 18.6. The number of carbonyl (C=O) groups is 3. The molecule has 0 unspecified atom stereocenters. The Balaban J connectivity index is 1.33. The smallest absolute Gasteiger partial charge is 0.325 e. The fourth-order valence-corrected chi connectivity index (χ4v) is 3.87. The van der Waals surface area contributed by atoms with Crippen LogP contribution in [0.5, 0.6) is 0 Å². The van der Waals surface area contributed by atoms with E-state index < -0.39 is 17.5 Å². The standard InChI is InChI=1S/C24H26N6O3/c1-17(19-8-10-20(11-9-19)30-16-25-15-26-30)27-21(31)14-29-22(32)24(2,28-23(29)33)13-12-18-6-4-3-5-7-18/h3-11,15-17H,12-14H2,1-2H3,(H,27,31)(H,28,33)/t17-,24-/m1/s1. The molecule has 2 atom stereocenters. The van der Waals surface area contributed by atoms with Gasteiger partial charge in [-0.1, -0.05) is 42.5 Å². The van der Waals surface area contributed by atoms with E-state index in [1.165, 1.54) is 6.33 Å². The van der Waals surface area contributed by atoms with E-state index in [2.05, 4.69) is 20.7 Å². The Morgan fingerprint density at radius 3 is 2.52 bits per heavy atom. The number of nitrogens with one attached hydrogen (secondary N) is 2. The van der Waals surface area contributed by atoms with Gasteiger partial charge in [-0.25, -0.2) is 14.5 Å². The van der Waals surface area contributed by atoms with E-state index in [0.717, 1.165) is 21.7 Å². The highest BCUT2D eigenvalue weighted by molar-refractivity contribution is 6.08. The van der Waals surface area contributed by atoms with Crippen LogP contribution in [0.3, 0.4) is 0 Å². The highest BCUT2D eigenvalue weighted by Gasteiger charge is 2.47. The molecule has 1 fully saturated rings. The van der Waals surface area contributed by atoms with Gasteiger partial charge in [0.25, 0.3) is 5.91 Å². The van der Waals surface area contributed by atoms with Crippen LogP contribution in [0.25, 0.3) is 5.69 Å². The molecule has 3 aromatic rings. The van der Waals surface area contributed by atoms with Gasteiger partial charge in [0.05, 0.1) is 11.7 Å². The monoisotopic (exact) mass is 446 g/mol. The highest BCUT2D eigenvalue weighted by atomic mass is 16.2. The van der Waals surface area contributed by atoms with E-state index in [0.29, 0.717) is 12.8 Å². The van der Waals surface area contributed by atoms with E-state index in [4.69, 9.17) is 0 Å². The Labute approximate surface area is 191 Å². The quantitative estimate of drug-likeness (QED) is 0.517. The zero-order chi connectivity index (χ0) is 23.4. The normalized spacial score (nSPS) is 18.8. The van der Waals surface area contributed by atoms with Gasteiger partial charge in [0.2, 0.25) is 5.91 Å². The SMILES string of the molecule is C[C@@H](NC(=O)CN1C(=O)N[C@](C)(CCc2ccccc2)C1=O)c1ccc(-n2cncn2)cc1. The number of imide groups is 1. The van der Waals surface area contributed by atoms with Crippen molar-refractivity contribution in [2.75, 3.05) is 6.54 Å². The number of rotatable bonds is 8. The van der Waals surface area contributed by atoms with Crippen molar-refractivity contribution in [3.8, 4) is 5.69 Å². The molecule has 0 saturated carbocycles. The summed E-state index contributed by atoms with van der Waals surface area (Å²) < 4.78 is 1.64. The second-order valence-corrected chi connectivity index (χ2v) is 8.36. The van der Waals surface area contributed by atoms with Crippen LogP contribution in [-0.4, -0.2) is 49.6 Å². The first-order valence-corrected chi connectivity index (χ1v) is 10.8. The second kappa shape index (κ2) is 9.23. The molecule has 33 heavy (non-hydrogen) atoms. The van der Waals surface area contributed by atoms with Gasteiger partial charge in [0, 0.05) is 0 Å². The molecule has 4 rings (SSSR count). The second-order valence-electron chi connectivity index (χ2n) is 8.36. The number of hydrogen-bond acceptors (Lipinski definition) is 5. The van der Waals surface area contributed by atoms with Crippen molar-refractivity contribution in [1.29, 1.82) is 0 Å². The lowest BCUT2D eigenvalue weighted by Gasteiger charge is -2.22. The number of benzene rings is 2. The summed E-state index contributed by atoms with van der Waals surface area (Å²) in [4.78, 5) is 42.9. The topological polar surface area (TPSA) is 109 Å². The molecule has 1 saturated heterocycles. The molecule has 1 aromatic heterocycles. The predicted molar refractivity (Wildman–Crippen MR) is 121 cm³/mol. The molecular weight excluding hydrogens is 420 g/mol. The van der Waals surface area contributed by atoms with Gasteiger partial charge in [-0.3, -0.25) is 14.5 Å². The molecule has 9 nitrogen and oxygen atoms in total. The third-order valence-corrected chi connectivity index (χ3v) is 5.86. The lowest BCUT2D eigenvalue weighted by Crippen LogP contribution is -2.45. The Kier molecular flexibility index (Phi) is 6.21. The largest absolute Gasteiger partial charge is 0.348 e. The highest BCUT2D eigenvalue weighted by Crippen LogP contribution is 2.23. The van der Waals surface area contributed by atoms with Crippen molar-refractivity contribution in [3.05, 3.63) is 78.4 Å². The van der Waals surface area contributed by atoms with Gasteiger partial charge in [-0.05, 0) is 49.9 Å². The van der Waals surface area contributed by atoms with Crippen LogP contribution in [0.4, 0.5) is 4.79 Å². The molecule has 170 valence electrons. The number of aromatic nitrogens is 3. The Morgan fingerprint density at radius 2 is 1.85 bits per heavy atom. The Hall–Kier alpha value is -4.01. The number of hydrogen-bond donors (Lipinski definition) is 2. The van der Waals surface area contributed by atoms with E-state index in [-0.39, 0.29) is 18.5 Å². The third kappa shape index (κ3) is 4.92. The minimum absolute atomic E-state index is 0.299. The predicted octanol–water partition coefficient (Wildman–Crippen LogP) is 2.39. The fraction of sp³-hybridized carbons (Fsp3) is 0.292. The van der Waals surface area contributed by atoms with Gasteiger partial charge in [0.15, 0.2) is 0 Å². The molecule has 0 radical (unpaired) electrons. The Morgan fingerprint density at radius 1 is 1.12 bits per heavy atom. The van der Waals surface area contributed by atoms with Gasteiger partial charge >= 0.3 is 6.03 Å². The summed E-state index contributed by atoms with van der Waals surface area (Å²) in [6, 6.07) is 16.4. The molecule has 0 spiro atoms. The van der Waals surface area contributed by atoms with Crippen LogP contribution >= 0.6 is 0 Å². The van der Waals surface area contributed by atoms with Crippen LogP contribution in [0.1, 0.15) is 37.4 Å². The minimum atomic E-state index is -1.03. The van der Waals surface area contributed by atoms with E-state index >= 15 is 0 Å². The summed E-state index contributed by atoms with van der Waals surface area (Å²) in [6.07, 6.45) is 4.16. The number of amides is 4. The van der Waals surface area contributed by atoms with Crippen molar-refractivity contribution in [1.82, 2.24) is 30.3 Å². The van der Waals surface area contributed by atoms with Crippen molar-refractivity contribution in [3.63, 3.8) is 0 Å². The van der Waals surface area contributed by atoms with Crippen LogP contribution < -0.4 is 10.6 Å². The molecule has 0 bridgehead atoms. The van der Waals surface area contributed by atoms with E-state index in [9.17, 15) is 14.4 Å². The molecule has 4 amide bonds. The first-order valence-electron chi connectivity index (χ1n) is 10.8. The first kappa shape index (κ1) is 22.2. The van der Waals surface area contributed by atoms with Crippen molar-refractivity contribution in [2.45, 2.75) is 38.3 Å². The molecule has 2 N–H and O–H groups in total. The summed E-state index contributed by atoms with van der Waals surface area (Å²) in [5, 5.41) is 9.69. The van der Waals surface area contributed by atoms with Crippen LogP contribution in [0, 0.1) is 0 Å². The maximum absolute atomic E-state index is 12.9. The summed E-state index contributed by atoms with van der Waals surface area (Å²) in [5.74, 6) is -0.790. The van der Waals surface area contributed by atoms with Crippen molar-refractivity contribution >= 4 is 17.8 Å². The Bertz CT molecular complexity index is 1130. The summed E-state index contributed by atoms with van der Waals surface area (Å²) in [7, 11) is 0. The van der Waals surface area contributed by atoms with Gasteiger partial charge < -0.3 is 10.6 Å². The van der Waals surface area contributed by atoms with Crippen LogP contribution in [0.2, 0.25) is 0 Å². The van der Waals surface area contributed by atoms with Gasteiger partial charge in [-0.15, -0.1) is 0 Å². The maximum Gasteiger partial charge on any atom is 0.325 e. The van der Waals surface area contributed by atoms with Gasteiger partial charge in [0.1, 0.15) is 24.7 Å². The van der Waals surface area contributed by atoms with Crippen LogP contribution in [-0.2, 0) is 16.0 Å². The lowest BCUT2D eigenvalue weighted by atomic mass is 9.93. The molecular formula is C24H26N6O3. The zero-order valence-corrected chi connectivity index (χ0v) is 18.6. The number of urea groups is 1. The molecule has 0 aliphatic carbocycles. The minimum Gasteiger partial charge on any atom is -0.348 e. The summed E-state index contributed by atoms with van der Waals surface area (Å²) in [6.45, 7) is 3.22. The fourth-order valence-electron chi connectivity index (χ4n) is 3.87. The average Bonchev–Trinajstić information content (AvgIpc) is 3.42. The van der Waals surface area contributed by atoms with E-state index in [1.54, 1.807) is 17.9 Å². The first-order chi connectivity index (χ1) is 15.9. The molecule has 1 aliphatic heterocycles. The summed E-state index contributed by atoms with van der Waals surface area (Å²) >= 11 is 0. The number of carbonyl (C=O) groups excluding carboxylic acids is 3. The number of nitrogens with zero attached hydrogens (tertiary/aromatic N) is 4. The average molecular weight is 447 g/mol. The molecule has 9 heteroatoms. The van der Waals surface area contributed by atoms with E-state index in [1.807, 2.05) is 61.5 Å². The maximum atomic E-state index is 12.9. The van der Waals surface area contributed by atoms with Gasteiger partial charge in [-0.2, -0.15) is 5.10 Å². The number of aryl methyl sites for hydroxylation is 1. The molecule has 1 aliphatic rings. The van der Waals surface area contributed by atoms with Crippen molar-refractivity contribution in [2.24, 2.45) is 0 Å². The van der Waals surface area contributed by atoms with Crippen molar-refractivity contribution < 1.29 is 14.4 Å². The molecule has 2 aromatic carbocycles. The summed E-state index contributed by atoms with van der Waals surface area (Å²) in [5.41, 5.74) is 1.79. The lowest BCUT2D eigenvalue weighted by molar-refractivity contribution is -0.134. The molecule has 2 heterocycles. The third-order valence-electron chi connectivity index (χ3n) is 5.86. The van der Waals surface area contributed by atoms with Crippen LogP contribution in [0.15, 0.2) is 67.3 Å².